The molecule has 0 spiro atoms. The Balaban J connectivity index is 0.000000337. The fraction of sp³-hybridized carbons (Fsp3) is 0.308. The van der Waals surface area contributed by atoms with Gasteiger partial charge in [-0.05, 0) is 24.4 Å². The summed E-state index contributed by atoms with van der Waals surface area (Å²) >= 11 is 0. The van der Waals surface area contributed by atoms with Gasteiger partial charge in [0.1, 0.15) is 5.82 Å². The van der Waals surface area contributed by atoms with Crippen molar-refractivity contribution in [2.45, 2.75) is 27.2 Å². The van der Waals surface area contributed by atoms with Crippen molar-refractivity contribution in [3.8, 4) is 0 Å². The second-order valence-electron chi connectivity index (χ2n) is 3.63. The maximum absolute atomic E-state index is 5.71. The molecular weight excluding hydrogens is 184 g/mol. The maximum Gasteiger partial charge on any atom is 0.131 e. The number of nitrogens with two attached hydrogens (primary N) is 1. The van der Waals surface area contributed by atoms with Gasteiger partial charge in [-0.1, -0.05) is 38.0 Å². The van der Waals surface area contributed by atoms with Crippen LogP contribution in [0, 0.1) is 6.92 Å². The molecule has 0 radical (unpaired) electrons. The second kappa shape index (κ2) is 5.35. The molecule has 0 aliphatic carbocycles. The zero-order chi connectivity index (χ0) is 11.3. The van der Waals surface area contributed by atoms with Crippen molar-refractivity contribution in [3.05, 3.63) is 36.0 Å². The van der Waals surface area contributed by atoms with E-state index in [1.54, 1.807) is 6.20 Å². The van der Waals surface area contributed by atoms with Crippen LogP contribution < -0.4 is 5.73 Å². The number of fused-ring (bicyclic) bond motifs is 1. The molecule has 2 nitrogen and oxygen atoms in total. The highest BCUT2D eigenvalue weighted by Crippen LogP contribution is 2.19. The lowest BCUT2D eigenvalue weighted by Crippen LogP contribution is -1.90. The lowest BCUT2D eigenvalue weighted by molar-refractivity contribution is 1.09. The van der Waals surface area contributed by atoms with Gasteiger partial charge in [0, 0.05) is 11.6 Å². The fourth-order valence-electron chi connectivity index (χ4n) is 1.30. The number of benzene rings is 1. The van der Waals surface area contributed by atoms with Gasteiger partial charge in [-0.3, -0.25) is 0 Å². The van der Waals surface area contributed by atoms with Gasteiger partial charge in [-0.15, -0.1) is 0 Å². The molecular formula is C13H18N2. The number of aryl methyl sites for hydroxylation is 1. The number of pyridine rings is 1. The zero-order valence-corrected chi connectivity index (χ0v) is 9.62. The number of nitrogens with zero attached hydrogens (tertiary/aromatic N) is 1. The van der Waals surface area contributed by atoms with Crippen molar-refractivity contribution in [2.75, 3.05) is 5.73 Å². The Morgan fingerprint density at radius 1 is 1.20 bits per heavy atom. The normalized spacial score (nSPS) is 9.53. The molecule has 0 bridgehead atoms. The first-order chi connectivity index (χ1) is 7.19. The lowest BCUT2D eigenvalue weighted by Gasteiger charge is -2.00. The van der Waals surface area contributed by atoms with Gasteiger partial charge >= 0.3 is 0 Å². The van der Waals surface area contributed by atoms with E-state index in [0.717, 1.165) is 10.8 Å². The summed E-state index contributed by atoms with van der Waals surface area (Å²) in [5.41, 5.74) is 6.92. The Morgan fingerprint density at radius 3 is 2.53 bits per heavy atom. The van der Waals surface area contributed by atoms with Gasteiger partial charge in [0.2, 0.25) is 0 Å². The zero-order valence-electron chi connectivity index (χ0n) is 9.62. The molecule has 0 amide bonds. The van der Waals surface area contributed by atoms with E-state index < -0.39 is 0 Å². The molecule has 0 saturated heterocycles. The van der Waals surface area contributed by atoms with Crippen LogP contribution in [0.1, 0.15) is 25.8 Å². The van der Waals surface area contributed by atoms with Gasteiger partial charge in [-0.2, -0.15) is 0 Å². The topological polar surface area (TPSA) is 38.9 Å². The quantitative estimate of drug-likeness (QED) is 0.709. The number of aromatic nitrogens is 1. The highest BCUT2D eigenvalue weighted by atomic mass is 14.8. The van der Waals surface area contributed by atoms with Crippen LogP contribution in [-0.2, 0) is 0 Å². The third-order valence-electron chi connectivity index (χ3n) is 1.95. The molecule has 1 aromatic heterocycles. The highest BCUT2D eigenvalue weighted by molar-refractivity contribution is 5.91. The number of rotatable bonds is 0. The van der Waals surface area contributed by atoms with Gasteiger partial charge in [-0.25, -0.2) is 4.98 Å². The molecule has 2 rings (SSSR count). The molecule has 0 atom stereocenters. The van der Waals surface area contributed by atoms with Crippen molar-refractivity contribution < 1.29 is 0 Å². The molecule has 80 valence electrons. The minimum atomic E-state index is 0.608. The van der Waals surface area contributed by atoms with E-state index in [0.29, 0.717) is 5.82 Å². The molecule has 0 aliphatic heterocycles. The number of hydrogen-bond acceptors (Lipinski definition) is 2. The average Bonchev–Trinajstić information content (AvgIpc) is 2.21. The summed E-state index contributed by atoms with van der Waals surface area (Å²) in [6.07, 6.45) is 2.98. The van der Waals surface area contributed by atoms with Crippen LogP contribution in [0.5, 0.6) is 0 Å². The Hall–Kier alpha value is -1.57. The van der Waals surface area contributed by atoms with Crippen LogP contribution in [0.3, 0.4) is 0 Å². The first kappa shape index (κ1) is 11.5. The summed E-state index contributed by atoms with van der Waals surface area (Å²) in [5.74, 6) is 0.608. The maximum atomic E-state index is 5.71. The van der Waals surface area contributed by atoms with Crippen LogP contribution >= 0.6 is 0 Å². The first-order valence-electron chi connectivity index (χ1n) is 5.29. The van der Waals surface area contributed by atoms with Crippen molar-refractivity contribution in [1.29, 1.82) is 0 Å². The van der Waals surface area contributed by atoms with Gasteiger partial charge in [0.15, 0.2) is 0 Å². The minimum Gasteiger partial charge on any atom is -0.383 e. The van der Waals surface area contributed by atoms with E-state index in [-0.39, 0.29) is 0 Å². The molecule has 0 unspecified atom stereocenters. The summed E-state index contributed by atoms with van der Waals surface area (Å²) in [7, 11) is 0. The highest BCUT2D eigenvalue weighted by Gasteiger charge is 1.96. The molecule has 15 heavy (non-hydrogen) atoms. The minimum absolute atomic E-state index is 0.608. The molecule has 2 aromatic rings. The third kappa shape index (κ3) is 2.94. The Labute approximate surface area is 91.1 Å². The van der Waals surface area contributed by atoms with Crippen LogP contribution in [0.2, 0.25) is 0 Å². The standard InChI is InChI=1S/C10H10N2.C3H8/c1-7-2-3-8-4-5-12-10(11)9(8)6-7;1-3-2/h2-6H,1H3,(H2,11,12);3H2,1-2H3. The SMILES string of the molecule is CCC.Cc1ccc2ccnc(N)c2c1. The van der Waals surface area contributed by atoms with E-state index in [2.05, 4.69) is 37.0 Å². The number of hydrogen-bond donors (Lipinski definition) is 1. The Bertz CT molecular complexity index is 435. The van der Waals surface area contributed by atoms with Crippen molar-refractivity contribution in [1.82, 2.24) is 4.98 Å². The largest absolute Gasteiger partial charge is 0.383 e. The monoisotopic (exact) mass is 202 g/mol. The predicted molar refractivity (Wildman–Crippen MR) is 66.9 cm³/mol. The predicted octanol–water partition coefficient (Wildman–Crippen LogP) is 3.54. The molecule has 0 aliphatic rings. The van der Waals surface area contributed by atoms with Crippen LogP contribution in [0.15, 0.2) is 30.5 Å². The summed E-state index contributed by atoms with van der Waals surface area (Å²) in [6, 6.07) is 8.15. The summed E-state index contributed by atoms with van der Waals surface area (Å²) in [4.78, 5) is 4.03. The first-order valence-corrected chi connectivity index (χ1v) is 5.29. The smallest absolute Gasteiger partial charge is 0.131 e. The summed E-state index contributed by atoms with van der Waals surface area (Å²) in [6.45, 7) is 6.30. The second-order valence-corrected chi connectivity index (χ2v) is 3.63. The van der Waals surface area contributed by atoms with Gasteiger partial charge in [0.05, 0.1) is 0 Å². The molecule has 0 saturated carbocycles. The van der Waals surface area contributed by atoms with E-state index in [1.807, 2.05) is 13.0 Å². The molecule has 1 aromatic carbocycles. The molecule has 0 fully saturated rings. The summed E-state index contributed by atoms with van der Waals surface area (Å²) in [5, 5.41) is 2.19. The Morgan fingerprint density at radius 2 is 1.87 bits per heavy atom. The van der Waals surface area contributed by atoms with E-state index in [9.17, 15) is 0 Å². The van der Waals surface area contributed by atoms with E-state index in [4.69, 9.17) is 5.73 Å². The van der Waals surface area contributed by atoms with E-state index >= 15 is 0 Å². The molecule has 2 N–H and O–H groups in total. The van der Waals surface area contributed by atoms with Crippen molar-refractivity contribution in [3.63, 3.8) is 0 Å². The van der Waals surface area contributed by atoms with Crippen molar-refractivity contribution in [2.24, 2.45) is 0 Å². The molecule has 2 heteroatoms. The van der Waals surface area contributed by atoms with Crippen LogP contribution in [0.4, 0.5) is 5.82 Å². The molecule has 1 heterocycles. The van der Waals surface area contributed by atoms with E-state index in [1.165, 1.54) is 12.0 Å². The van der Waals surface area contributed by atoms with Crippen molar-refractivity contribution >= 4 is 16.6 Å². The van der Waals surface area contributed by atoms with Gasteiger partial charge in [0.25, 0.3) is 0 Å². The lowest BCUT2D eigenvalue weighted by atomic mass is 10.1. The third-order valence-corrected chi connectivity index (χ3v) is 1.95. The summed E-state index contributed by atoms with van der Waals surface area (Å²) < 4.78 is 0. The van der Waals surface area contributed by atoms with Gasteiger partial charge < -0.3 is 5.73 Å². The van der Waals surface area contributed by atoms with Crippen LogP contribution in [-0.4, -0.2) is 4.98 Å². The van der Waals surface area contributed by atoms with Crippen LogP contribution in [0.25, 0.3) is 10.8 Å². The fourth-order valence-corrected chi connectivity index (χ4v) is 1.30. The Kier molecular flexibility index (Phi) is 4.10. The number of anilines is 1. The average molecular weight is 202 g/mol. The number of nitrogen functional groups attached to an aromatic ring is 1.